The summed E-state index contributed by atoms with van der Waals surface area (Å²) in [5, 5.41) is 6.21. The van der Waals surface area contributed by atoms with Gasteiger partial charge in [0.2, 0.25) is 0 Å². The molecule has 0 bridgehead atoms. The van der Waals surface area contributed by atoms with Gasteiger partial charge in [-0.3, -0.25) is 9.89 Å². The van der Waals surface area contributed by atoms with Gasteiger partial charge in [-0.2, -0.15) is 5.10 Å². The Kier molecular flexibility index (Phi) is 3.03. The molecular formula is C16H13FN6O. The molecule has 0 aliphatic heterocycles. The summed E-state index contributed by atoms with van der Waals surface area (Å²) >= 11 is 0. The monoisotopic (exact) mass is 324 g/mol. The van der Waals surface area contributed by atoms with Gasteiger partial charge in [0.15, 0.2) is 5.82 Å². The normalized spacial score (nSPS) is 13.7. The number of halogens is 1. The van der Waals surface area contributed by atoms with E-state index in [1.807, 2.05) is 4.57 Å². The van der Waals surface area contributed by atoms with Gasteiger partial charge in [0.25, 0.3) is 5.91 Å². The van der Waals surface area contributed by atoms with Gasteiger partial charge in [0.05, 0.1) is 22.9 Å². The molecule has 120 valence electrons. The Morgan fingerprint density at radius 3 is 2.88 bits per heavy atom. The summed E-state index contributed by atoms with van der Waals surface area (Å²) in [6, 6.07) is 3.43. The van der Waals surface area contributed by atoms with Crippen LogP contribution in [0.1, 0.15) is 40.5 Å². The van der Waals surface area contributed by atoms with Crippen molar-refractivity contribution in [2.45, 2.75) is 18.9 Å². The number of aromatic amines is 1. The Morgan fingerprint density at radius 1 is 1.38 bits per heavy atom. The standard InChI is InChI=1S/C16H13FN6O/c17-10-6-13-12(20-7-23(13)9-2-3-9)5-8(10)1-4-11-14(16(19)24)15(18)22-21-11/h5-7,9H,2-3H2,(H2,19,24)(H3,18,21,22). The van der Waals surface area contributed by atoms with Crippen molar-refractivity contribution in [3.63, 3.8) is 0 Å². The number of carbonyl (C=O) groups excluding carboxylic acids is 1. The van der Waals surface area contributed by atoms with Crippen LogP contribution in [0.5, 0.6) is 0 Å². The summed E-state index contributed by atoms with van der Waals surface area (Å²) in [5.41, 5.74) is 12.5. The number of nitrogens with zero attached hydrogens (tertiary/aromatic N) is 3. The Labute approximate surface area is 135 Å². The van der Waals surface area contributed by atoms with Crippen LogP contribution in [0.3, 0.4) is 0 Å². The first-order valence-electron chi connectivity index (χ1n) is 7.36. The molecular weight excluding hydrogens is 311 g/mol. The number of nitrogen functional groups attached to an aromatic ring is 1. The summed E-state index contributed by atoms with van der Waals surface area (Å²) in [5.74, 6) is 4.10. The maximum absolute atomic E-state index is 14.3. The SMILES string of the molecule is NC(=O)c1c(N)n[nH]c1C#Cc1cc2ncn(C3CC3)c2cc1F. The van der Waals surface area contributed by atoms with E-state index in [-0.39, 0.29) is 22.6 Å². The minimum absolute atomic E-state index is 0.00185. The molecule has 0 radical (unpaired) electrons. The highest BCUT2D eigenvalue weighted by Gasteiger charge is 2.25. The lowest BCUT2D eigenvalue weighted by molar-refractivity contribution is 0.100. The van der Waals surface area contributed by atoms with E-state index in [1.165, 1.54) is 6.07 Å². The van der Waals surface area contributed by atoms with Crippen molar-refractivity contribution >= 4 is 22.8 Å². The van der Waals surface area contributed by atoms with Gasteiger partial charge in [-0.15, -0.1) is 0 Å². The average Bonchev–Trinajstić information content (AvgIpc) is 3.19. The molecule has 7 nitrogen and oxygen atoms in total. The van der Waals surface area contributed by atoms with Crippen molar-refractivity contribution in [1.82, 2.24) is 19.7 Å². The molecule has 3 aromatic rings. The fourth-order valence-electron chi connectivity index (χ4n) is 2.61. The molecule has 24 heavy (non-hydrogen) atoms. The van der Waals surface area contributed by atoms with Crippen LogP contribution in [-0.4, -0.2) is 25.7 Å². The summed E-state index contributed by atoms with van der Waals surface area (Å²) in [7, 11) is 0. The van der Waals surface area contributed by atoms with E-state index in [9.17, 15) is 9.18 Å². The Hall–Kier alpha value is -3.34. The minimum atomic E-state index is -0.746. The van der Waals surface area contributed by atoms with E-state index in [0.717, 1.165) is 18.4 Å². The zero-order valence-corrected chi connectivity index (χ0v) is 12.5. The number of aromatic nitrogens is 4. The molecule has 0 saturated heterocycles. The van der Waals surface area contributed by atoms with Gasteiger partial charge in [-0.05, 0) is 24.8 Å². The molecule has 2 heterocycles. The summed E-state index contributed by atoms with van der Waals surface area (Å²) in [6.07, 6.45) is 3.90. The zero-order valence-electron chi connectivity index (χ0n) is 12.5. The Balaban J connectivity index is 1.76. The van der Waals surface area contributed by atoms with Crippen molar-refractivity contribution in [3.05, 3.63) is 41.1 Å². The molecule has 0 spiro atoms. The lowest BCUT2D eigenvalue weighted by Gasteiger charge is -2.01. The van der Waals surface area contributed by atoms with E-state index in [2.05, 4.69) is 27.0 Å². The average molecular weight is 324 g/mol. The molecule has 2 aromatic heterocycles. The number of amides is 1. The third-order valence-electron chi connectivity index (χ3n) is 3.97. The number of imidazole rings is 1. The van der Waals surface area contributed by atoms with Crippen LogP contribution >= 0.6 is 0 Å². The second kappa shape index (κ2) is 5.09. The molecule has 0 atom stereocenters. The van der Waals surface area contributed by atoms with Crippen molar-refractivity contribution in [3.8, 4) is 11.8 Å². The highest BCUT2D eigenvalue weighted by Crippen LogP contribution is 2.37. The smallest absolute Gasteiger partial charge is 0.255 e. The van der Waals surface area contributed by atoms with Gasteiger partial charge in [-0.25, -0.2) is 9.37 Å². The molecule has 1 aliphatic carbocycles. The van der Waals surface area contributed by atoms with Crippen molar-refractivity contribution in [1.29, 1.82) is 0 Å². The van der Waals surface area contributed by atoms with Crippen molar-refractivity contribution in [2.75, 3.05) is 5.73 Å². The molecule has 5 N–H and O–H groups in total. The van der Waals surface area contributed by atoms with Crippen LogP contribution in [0.15, 0.2) is 18.5 Å². The van der Waals surface area contributed by atoms with Crippen molar-refractivity contribution in [2.24, 2.45) is 5.73 Å². The van der Waals surface area contributed by atoms with Gasteiger partial charge in [0, 0.05) is 12.1 Å². The first-order valence-corrected chi connectivity index (χ1v) is 7.36. The number of nitrogens with one attached hydrogen (secondary N) is 1. The number of nitrogens with two attached hydrogens (primary N) is 2. The number of H-pyrrole nitrogens is 1. The number of hydrogen-bond acceptors (Lipinski definition) is 4. The Bertz CT molecular complexity index is 1030. The number of carbonyl (C=O) groups is 1. The van der Waals surface area contributed by atoms with E-state index >= 15 is 0 Å². The van der Waals surface area contributed by atoms with E-state index in [0.29, 0.717) is 11.6 Å². The summed E-state index contributed by atoms with van der Waals surface area (Å²) in [4.78, 5) is 15.7. The largest absolute Gasteiger partial charge is 0.382 e. The molecule has 8 heteroatoms. The first-order chi connectivity index (χ1) is 11.5. The van der Waals surface area contributed by atoms with Crippen LogP contribution < -0.4 is 11.5 Å². The minimum Gasteiger partial charge on any atom is -0.382 e. The highest BCUT2D eigenvalue weighted by atomic mass is 19.1. The first kappa shape index (κ1) is 14.3. The van der Waals surface area contributed by atoms with E-state index in [4.69, 9.17) is 11.5 Å². The van der Waals surface area contributed by atoms with Gasteiger partial charge < -0.3 is 16.0 Å². The molecule has 1 saturated carbocycles. The molecule has 0 unspecified atom stereocenters. The molecule has 1 aromatic carbocycles. The predicted molar refractivity (Wildman–Crippen MR) is 85.5 cm³/mol. The fourth-order valence-corrected chi connectivity index (χ4v) is 2.61. The number of hydrogen-bond donors (Lipinski definition) is 3. The Morgan fingerprint density at radius 2 is 2.17 bits per heavy atom. The molecule has 1 fully saturated rings. The molecule has 1 amide bonds. The summed E-state index contributed by atoms with van der Waals surface area (Å²) < 4.78 is 16.3. The van der Waals surface area contributed by atoms with Crippen LogP contribution in [0.2, 0.25) is 0 Å². The quantitative estimate of drug-likeness (QED) is 0.616. The zero-order chi connectivity index (χ0) is 16.8. The van der Waals surface area contributed by atoms with Gasteiger partial charge in [-0.1, -0.05) is 5.92 Å². The number of primary amides is 1. The number of benzene rings is 1. The molecule has 1 aliphatic rings. The van der Waals surface area contributed by atoms with Gasteiger partial charge in [0.1, 0.15) is 17.1 Å². The lowest BCUT2D eigenvalue weighted by Crippen LogP contribution is -2.13. The van der Waals surface area contributed by atoms with Crippen LogP contribution in [0.4, 0.5) is 10.2 Å². The number of rotatable bonds is 2. The number of fused-ring (bicyclic) bond motifs is 1. The van der Waals surface area contributed by atoms with E-state index < -0.39 is 11.7 Å². The van der Waals surface area contributed by atoms with Crippen molar-refractivity contribution < 1.29 is 9.18 Å². The summed E-state index contributed by atoms with van der Waals surface area (Å²) in [6.45, 7) is 0. The fraction of sp³-hybridized carbons (Fsp3) is 0.188. The van der Waals surface area contributed by atoms with E-state index in [1.54, 1.807) is 12.4 Å². The predicted octanol–water partition coefficient (Wildman–Crippen LogP) is 1.31. The topological polar surface area (TPSA) is 116 Å². The highest BCUT2D eigenvalue weighted by molar-refractivity contribution is 5.99. The van der Waals surface area contributed by atoms with Crippen LogP contribution in [0, 0.1) is 17.7 Å². The third-order valence-corrected chi connectivity index (χ3v) is 3.97. The van der Waals surface area contributed by atoms with Crippen LogP contribution in [-0.2, 0) is 0 Å². The van der Waals surface area contributed by atoms with Crippen LogP contribution in [0.25, 0.3) is 11.0 Å². The third kappa shape index (κ3) is 2.27. The maximum Gasteiger partial charge on any atom is 0.255 e. The second-order valence-electron chi connectivity index (χ2n) is 5.68. The number of anilines is 1. The van der Waals surface area contributed by atoms with Gasteiger partial charge >= 0.3 is 0 Å². The second-order valence-corrected chi connectivity index (χ2v) is 5.68. The lowest BCUT2D eigenvalue weighted by atomic mass is 10.1. The maximum atomic E-state index is 14.3. The molecule has 4 rings (SSSR count).